The lowest BCUT2D eigenvalue weighted by Crippen LogP contribution is -2.30. The quantitative estimate of drug-likeness (QED) is 0.0262. The lowest BCUT2D eigenvalue weighted by molar-refractivity contribution is -0.167. The molecule has 6 heteroatoms. The summed E-state index contributed by atoms with van der Waals surface area (Å²) in [4.78, 5) is 38.0. The summed E-state index contributed by atoms with van der Waals surface area (Å²) >= 11 is 0. The highest BCUT2D eigenvalue weighted by molar-refractivity contribution is 5.71. The molecule has 368 valence electrons. The fraction of sp³-hybridized carbons (Fsp3) is 0.842. The highest BCUT2D eigenvalue weighted by Gasteiger charge is 2.19. The Kier molecular flexibility index (Phi) is 50.3. The zero-order valence-corrected chi connectivity index (χ0v) is 42.1. The number of carbonyl (C=O) groups excluding carboxylic acids is 3. The molecule has 0 bridgehead atoms. The van der Waals surface area contributed by atoms with Crippen LogP contribution >= 0.6 is 0 Å². The average Bonchev–Trinajstić information content (AvgIpc) is 3.28. The van der Waals surface area contributed by atoms with Gasteiger partial charge in [0.2, 0.25) is 0 Å². The van der Waals surface area contributed by atoms with Gasteiger partial charge in [0, 0.05) is 19.3 Å². The molecule has 1 unspecified atom stereocenters. The highest BCUT2D eigenvalue weighted by atomic mass is 16.6. The third-order valence-corrected chi connectivity index (χ3v) is 12.1. The Morgan fingerprint density at radius 2 is 0.587 bits per heavy atom. The minimum atomic E-state index is -0.777. The molecule has 0 saturated carbocycles. The molecule has 0 rings (SSSR count). The smallest absolute Gasteiger partial charge is 0.306 e. The second-order valence-corrected chi connectivity index (χ2v) is 18.5. The summed E-state index contributed by atoms with van der Waals surface area (Å²) in [6, 6.07) is 0. The lowest BCUT2D eigenvalue weighted by Gasteiger charge is -2.18. The molecule has 0 aliphatic rings. The third-order valence-electron chi connectivity index (χ3n) is 12.1. The topological polar surface area (TPSA) is 78.9 Å². The SMILES string of the molecule is CCCC/C=C\C/C=C\CCCCCCCC(=O)OCC(COC(=O)CCCCCCC/C=C\CCCCCCCCC)OC(=O)CCCCCCCCCCCCCCCCC. The first kappa shape index (κ1) is 60.6. The number of hydrogen-bond acceptors (Lipinski definition) is 6. The van der Waals surface area contributed by atoms with Gasteiger partial charge in [0.05, 0.1) is 0 Å². The van der Waals surface area contributed by atoms with E-state index in [1.165, 1.54) is 167 Å². The summed E-state index contributed by atoms with van der Waals surface area (Å²) in [6.07, 6.45) is 61.2. The Morgan fingerprint density at radius 3 is 0.937 bits per heavy atom. The molecule has 0 aliphatic heterocycles. The molecule has 0 aromatic heterocycles. The fourth-order valence-electron chi connectivity index (χ4n) is 7.93. The van der Waals surface area contributed by atoms with Gasteiger partial charge in [-0.1, -0.05) is 237 Å². The van der Waals surface area contributed by atoms with Crippen molar-refractivity contribution in [2.24, 2.45) is 0 Å². The van der Waals surface area contributed by atoms with Gasteiger partial charge >= 0.3 is 17.9 Å². The van der Waals surface area contributed by atoms with Crippen molar-refractivity contribution in [3.63, 3.8) is 0 Å². The van der Waals surface area contributed by atoms with E-state index in [1.807, 2.05) is 0 Å². The maximum absolute atomic E-state index is 12.8. The van der Waals surface area contributed by atoms with E-state index >= 15 is 0 Å². The summed E-state index contributed by atoms with van der Waals surface area (Å²) in [6.45, 7) is 6.61. The monoisotopic (exact) mass is 885 g/mol. The molecule has 0 fully saturated rings. The molecule has 0 N–H and O–H groups in total. The summed E-state index contributed by atoms with van der Waals surface area (Å²) in [5.41, 5.74) is 0. The van der Waals surface area contributed by atoms with Gasteiger partial charge in [-0.25, -0.2) is 0 Å². The molecule has 0 spiro atoms. The van der Waals surface area contributed by atoms with Crippen LogP contribution in [0.2, 0.25) is 0 Å². The van der Waals surface area contributed by atoms with Gasteiger partial charge < -0.3 is 14.2 Å². The molecule has 1 atom stereocenters. The van der Waals surface area contributed by atoms with E-state index in [4.69, 9.17) is 14.2 Å². The van der Waals surface area contributed by atoms with E-state index in [-0.39, 0.29) is 31.1 Å². The normalized spacial score (nSPS) is 12.2. The molecule has 0 saturated heterocycles. The van der Waals surface area contributed by atoms with Gasteiger partial charge in [-0.15, -0.1) is 0 Å². The van der Waals surface area contributed by atoms with Crippen molar-refractivity contribution < 1.29 is 28.6 Å². The molecule has 0 aromatic carbocycles. The fourth-order valence-corrected chi connectivity index (χ4v) is 7.93. The van der Waals surface area contributed by atoms with Crippen molar-refractivity contribution in [1.29, 1.82) is 0 Å². The van der Waals surface area contributed by atoms with E-state index in [0.29, 0.717) is 19.3 Å². The van der Waals surface area contributed by atoms with Crippen molar-refractivity contribution in [3.8, 4) is 0 Å². The molecule has 0 aliphatic carbocycles. The second kappa shape index (κ2) is 52.3. The first-order chi connectivity index (χ1) is 31.0. The van der Waals surface area contributed by atoms with E-state index in [1.54, 1.807) is 0 Å². The Bertz CT molecular complexity index is 1060. The average molecular weight is 885 g/mol. The van der Waals surface area contributed by atoms with E-state index in [2.05, 4.69) is 57.2 Å². The standard InChI is InChI=1S/C57H104O6/c1-4-7-10-13-16-19-22-25-28-30-32-35-38-41-44-47-50-56(59)62-53-54(52-61-55(58)49-46-43-40-37-34-31-27-24-21-18-15-12-9-6-3)63-57(60)51-48-45-42-39-36-33-29-26-23-20-17-14-11-8-5-2/h15,18,24,27-28,30,54H,4-14,16-17,19-23,25-26,29,31-53H2,1-3H3/b18-15-,27-24-,30-28-. The van der Waals surface area contributed by atoms with Crippen LogP contribution < -0.4 is 0 Å². The van der Waals surface area contributed by atoms with Crippen LogP contribution in [0.15, 0.2) is 36.5 Å². The van der Waals surface area contributed by atoms with Crippen LogP contribution in [0.1, 0.15) is 290 Å². The zero-order chi connectivity index (χ0) is 45.8. The number of carbonyl (C=O) groups is 3. The number of esters is 3. The van der Waals surface area contributed by atoms with E-state index < -0.39 is 6.10 Å². The first-order valence-corrected chi connectivity index (χ1v) is 27.5. The van der Waals surface area contributed by atoms with Crippen LogP contribution in [-0.4, -0.2) is 37.2 Å². The number of allylic oxidation sites excluding steroid dienone is 6. The number of hydrogen-bond donors (Lipinski definition) is 0. The van der Waals surface area contributed by atoms with Crippen LogP contribution in [-0.2, 0) is 28.6 Å². The number of rotatable bonds is 50. The number of ether oxygens (including phenoxy) is 3. The number of unbranched alkanes of at least 4 members (excludes halogenated alkanes) is 33. The predicted molar refractivity (Wildman–Crippen MR) is 270 cm³/mol. The molecule has 0 heterocycles. The van der Waals surface area contributed by atoms with Crippen LogP contribution in [0, 0.1) is 0 Å². The molecule has 63 heavy (non-hydrogen) atoms. The Morgan fingerprint density at radius 1 is 0.317 bits per heavy atom. The molecule has 0 radical (unpaired) electrons. The van der Waals surface area contributed by atoms with Crippen molar-refractivity contribution in [3.05, 3.63) is 36.5 Å². The van der Waals surface area contributed by atoms with Crippen LogP contribution in [0.25, 0.3) is 0 Å². The molecular formula is C57H104O6. The first-order valence-electron chi connectivity index (χ1n) is 27.5. The molecule has 6 nitrogen and oxygen atoms in total. The molecule has 0 amide bonds. The minimum Gasteiger partial charge on any atom is -0.462 e. The largest absolute Gasteiger partial charge is 0.462 e. The van der Waals surface area contributed by atoms with Crippen LogP contribution in [0.3, 0.4) is 0 Å². The van der Waals surface area contributed by atoms with Crippen LogP contribution in [0.5, 0.6) is 0 Å². The maximum Gasteiger partial charge on any atom is 0.306 e. The van der Waals surface area contributed by atoms with E-state index in [0.717, 1.165) is 83.5 Å². The van der Waals surface area contributed by atoms with Crippen molar-refractivity contribution in [2.45, 2.75) is 297 Å². The minimum absolute atomic E-state index is 0.0779. The maximum atomic E-state index is 12.8. The van der Waals surface area contributed by atoms with Crippen molar-refractivity contribution >= 4 is 17.9 Å². The molecular weight excluding hydrogens is 781 g/mol. The molecule has 0 aromatic rings. The third kappa shape index (κ3) is 50.5. The van der Waals surface area contributed by atoms with Crippen LogP contribution in [0.4, 0.5) is 0 Å². The second-order valence-electron chi connectivity index (χ2n) is 18.5. The van der Waals surface area contributed by atoms with Gasteiger partial charge in [-0.2, -0.15) is 0 Å². The van der Waals surface area contributed by atoms with Gasteiger partial charge in [-0.3, -0.25) is 14.4 Å². The summed E-state index contributed by atoms with van der Waals surface area (Å²) in [7, 11) is 0. The Hall–Kier alpha value is -2.37. The Labute approximate surface area is 391 Å². The Balaban J connectivity index is 4.37. The summed E-state index contributed by atoms with van der Waals surface area (Å²) in [5.74, 6) is -0.885. The van der Waals surface area contributed by atoms with Gasteiger partial charge in [0.25, 0.3) is 0 Å². The van der Waals surface area contributed by atoms with Gasteiger partial charge in [0.15, 0.2) is 6.10 Å². The zero-order valence-electron chi connectivity index (χ0n) is 42.1. The van der Waals surface area contributed by atoms with Crippen molar-refractivity contribution in [2.75, 3.05) is 13.2 Å². The summed E-state index contributed by atoms with van der Waals surface area (Å²) < 4.78 is 16.8. The lowest BCUT2D eigenvalue weighted by atomic mass is 10.0. The van der Waals surface area contributed by atoms with Crippen molar-refractivity contribution in [1.82, 2.24) is 0 Å². The predicted octanol–water partition coefficient (Wildman–Crippen LogP) is 18.1. The van der Waals surface area contributed by atoms with E-state index in [9.17, 15) is 14.4 Å². The van der Waals surface area contributed by atoms with Gasteiger partial charge in [-0.05, 0) is 70.6 Å². The highest BCUT2D eigenvalue weighted by Crippen LogP contribution is 2.16. The summed E-state index contributed by atoms with van der Waals surface area (Å²) in [5, 5.41) is 0. The van der Waals surface area contributed by atoms with Gasteiger partial charge in [0.1, 0.15) is 13.2 Å².